The zero-order chi connectivity index (χ0) is 22.5. The van der Waals surface area contributed by atoms with E-state index in [0.29, 0.717) is 24.0 Å². The van der Waals surface area contributed by atoms with Crippen LogP contribution in [0, 0.1) is 0 Å². The van der Waals surface area contributed by atoms with E-state index in [9.17, 15) is 21.6 Å². The van der Waals surface area contributed by atoms with Crippen molar-refractivity contribution in [2.45, 2.75) is 54.9 Å². The van der Waals surface area contributed by atoms with Crippen molar-refractivity contribution in [2.24, 2.45) is 0 Å². The van der Waals surface area contributed by atoms with Crippen molar-refractivity contribution in [2.75, 3.05) is 0 Å². The molecule has 0 aliphatic carbocycles. The zero-order valence-corrected chi connectivity index (χ0v) is 17.8. The molecule has 10 heteroatoms. The second kappa shape index (κ2) is 7.70. The fourth-order valence-electron chi connectivity index (χ4n) is 4.92. The smallest absolute Gasteiger partial charge is 0.207 e. The maximum Gasteiger partial charge on any atom is 0.416 e. The first-order valence-electron chi connectivity index (χ1n) is 10.4. The van der Waals surface area contributed by atoms with Gasteiger partial charge in [-0.2, -0.15) is 32.5 Å². The minimum atomic E-state index is -4.43. The number of piperidine rings is 1. The van der Waals surface area contributed by atoms with E-state index in [2.05, 4.69) is 10.2 Å². The van der Waals surface area contributed by atoms with Gasteiger partial charge in [-0.15, -0.1) is 0 Å². The summed E-state index contributed by atoms with van der Waals surface area (Å²) in [5.41, 5.74) is 0.177. The van der Waals surface area contributed by atoms with Gasteiger partial charge in [-0.05, 0) is 61.1 Å². The molecule has 2 atom stereocenters. The lowest BCUT2D eigenvalue weighted by molar-refractivity contribution is -0.137. The minimum Gasteiger partial charge on any atom is -0.207 e. The highest BCUT2D eigenvalue weighted by Gasteiger charge is 2.48. The molecule has 2 bridgehead atoms. The van der Waals surface area contributed by atoms with Crippen LogP contribution in [0.2, 0.25) is 0 Å². The SMILES string of the molecule is O=S(=O)(c1ccc(-c2cccc(C(F)(F)F)c2)cc1)N1C2CCC1CC(n1nccn1)C2. The second-order valence-corrected chi connectivity index (χ2v) is 10.1. The third-order valence-corrected chi connectivity index (χ3v) is 8.38. The molecule has 0 spiro atoms. The van der Waals surface area contributed by atoms with E-state index in [1.165, 1.54) is 18.2 Å². The fraction of sp³-hybridized carbons (Fsp3) is 0.364. The van der Waals surface area contributed by atoms with Crippen LogP contribution in [0.3, 0.4) is 0 Å². The molecule has 3 aromatic rings. The molecule has 5 rings (SSSR count). The van der Waals surface area contributed by atoms with Crippen LogP contribution in [-0.2, 0) is 16.2 Å². The quantitative estimate of drug-likeness (QED) is 0.572. The van der Waals surface area contributed by atoms with Crippen LogP contribution in [-0.4, -0.2) is 39.8 Å². The van der Waals surface area contributed by atoms with Crippen LogP contribution in [0.4, 0.5) is 13.2 Å². The summed E-state index contributed by atoms with van der Waals surface area (Å²) in [7, 11) is -3.72. The van der Waals surface area contributed by atoms with Gasteiger partial charge in [-0.25, -0.2) is 8.42 Å². The van der Waals surface area contributed by atoms with E-state index in [0.717, 1.165) is 25.0 Å². The van der Waals surface area contributed by atoms with E-state index in [4.69, 9.17) is 0 Å². The van der Waals surface area contributed by atoms with Crippen LogP contribution in [0.1, 0.15) is 37.3 Å². The number of hydrogen-bond acceptors (Lipinski definition) is 4. The zero-order valence-electron chi connectivity index (χ0n) is 17.0. The summed E-state index contributed by atoms with van der Waals surface area (Å²) in [6.07, 6.45) is 1.72. The third-order valence-electron chi connectivity index (χ3n) is 6.36. The first-order valence-corrected chi connectivity index (χ1v) is 11.8. The monoisotopic (exact) mass is 462 g/mol. The summed E-state index contributed by atoms with van der Waals surface area (Å²) in [5.74, 6) is 0. The number of sulfonamides is 1. The molecule has 32 heavy (non-hydrogen) atoms. The summed E-state index contributed by atoms with van der Waals surface area (Å²) in [6.45, 7) is 0. The van der Waals surface area contributed by atoms with E-state index in [1.807, 2.05) is 0 Å². The predicted octanol–water partition coefficient (Wildman–Crippen LogP) is 4.52. The van der Waals surface area contributed by atoms with Crippen molar-refractivity contribution < 1.29 is 21.6 Å². The molecule has 6 nitrogen and oxygen atoms in total. The maximum atomic E-state index is 13.4. The van der Waals surface area contributed by atoms with Gasteiger partial charge in [-0.1, -0.05) is 24.3 Å². The second-order valence-electron chi connectivity index (χ2n) is 8.30. The highest BCUT2D eigenvalue weighted by Crippen LogP contribution is 2.43. The van der Waals surface area contributed by atoms with E-state index >= 15 is 0 Å². The van der Waals surface area contributed by atoms with Gasteiger partial charge in [-0.3, -0.25) is 0 Å². The van der Waals surface area contributed by atoms with Crippen molar-refractivity contribution in [3.05, 3.63) is 66.5 Å². The Labute approximate surface area is 183 Å². The maximum absolute atomic E-state index is 13.4. The van der Waals surface area contributed by atoms with Crippen molar-refractivity contribution in [1.29, 1.82) is 0 Å². The van der Waals surface area contributed by atoms with Gasteiger partial charge in [0.1, 0.15) is 0 Å². The summed E-state index contributed by atoms with van der Waals surface area (Å²) >= 11 is 0. The Morgan fingerprint density at radius 3 is 2.06 bits per heavy atom. The molecule has 2 aliphatic rings. The van der Waals surface area contributed by atoms with Crippen molar-refractivity contribution in [1.82, 2.24) is 19.3 Å². The van der Waals surface area contributed by atoms with Crippen LogP contribution < -0.4 is 0 Å². The van der Waals surface area contributed by atoms with Crippen LogP contribution in [0.15, 0.2) is 65.8 Å². The molecule has 168 valence electrons. The number of fused-ring (bicyclic) bond motifs is 2. The Hall–Kier alpha value is -2.72. The lowest BCUT2D eigenvalue weighted by Crippen LogP contribution is -2.47. The number of alkyl halides is 3. The Morgan fingerprint density at radius 1 is 0.844 bits per heavy atom. The molecule has 0 amide bonds. The average Bonchev–Trinajstić information content (AvgIpc) is 3.40. The van der Waals surface area contributed by atoms with Gasteiger partial charge in [0, 0.05) is 12.1 Å². The lowest BCUT2D eigenvalue weighted by Gasteiger charge is -2.37. The summed E-state index contributed by atoms with van der Waals surface area (Å²) in [4.78, 5) is 1.82. The molecular formula is C22H21F3N4O2S. The highest BCUT2D eigenvalue weighted by molar-refractivity contribution is 7.89. The normalized spacial score (nSPS) is 24.0. The van der Waals surface area contributed by atoms with Crippen LogP contribution in [0.5, 0.6) is 0 Å². The minimum absolute atomic E-state index is 0.0808. The van der Waals surface area contributed by atoms with Crippen LogP contribution >= 0.6 is 0 Å². The highest BCUT2D eigenvalue weighted by atomic mass is 32.2. The lowest BCUT2D eigenvalue weighted by atomic mass is 10.0. The molecule has 1 aromatic heterocycles. The molecule has 2 saturated heterocycles. The molecular weight excluding hydrogens is 441 g/mol. The molecule has 3 heterocycles. The number of hydrogen-bond donors (Lipinski definition) is 0. The Kier molecular flexibility index (Phi) is 5.09. The largest absolute Gasteiger partial charge is 0.416 e. The predicted molar refractivity (Wildman–Crippen MR) is 111 cm³/mol. The number of halogens is 3. The van der Waals surface area contributed by atoms with Gasteiger partial charge >= 0.3 is 6.18 Å². The van der Waals surface area contributed by atoms with Gasteiger partial charge < -0.3 is 0 Å². The Balaban J connectivity index is 1.39. The molecule has 2 aliphatic heterocycles. The van der Waals surface area contributed by atoms with Crippen molar-refractivity contribution in [3.63, 3.8) is 0 Å². The molecule has 2 aromatic carbocycles. The standard InChI is InChI=1S/C22H21F3N4O2S/c23-22(24,25)17-3-1-2-16(12-17)15-4-8-21(9-5-15)32(30,31)28-18-6-7-19(28)14-20(13-18)29-26-10-11-27-29/h1-5,8-12,18-20H,6-7,13-14H2. The van der Waals surface area contributed by atoms with E-state index in [-0.39, 0.29) is 23.0 Å². The fourth-order valence-corrected chi connectivity index (χ4v) is 6.81. The summed E-state index contributed by atoms with van der Waals surface area (Å²) in [5, 5.41) is 8.42. The average molecular weight is 462 g/mol. The Bertz CT molecular complexity index is 1200. The molecule has 2 fully saturated rings. The van der Waals surface area contributed by atoms with E-state index in [1.54, 1.807) is 39.7 Å². The molecule has 0 N–H and O–H groups in total. The molecule has 0 saturated carbocycles. The third kappa shape index (κ3) is 3.71. The molecule has 0 radical (unpaired) electrons. The van der Waals surface area contributed by atoms with Crippen molar-refractivity contribution in [3.8, 4) is 11.1 Å². The first kappa shape index (κ1) is 21.1. The van der Waals surface area contributed by atoms with E-state index < -0.39 is 21.8 Å². The van der Waals surface area contributed by atoms with Gasteiger partial charge in [0.05, 0.1) is 28.9 Å². The van der Waals surface area contributed by atoms with Crippen molar-refractivity contribution >= 4 is 10.0 Å². The number of rotatable bonds is 4. The number of aromatic nitrogens is 3. The number of benzene rings is 2. The van der Waals surface area contributed by atoms with Gasteiger partial charge in [0.2, 0.25) is 10.0 Å². The summed E-state index contributed by atoms with van der Waals surface area (Å²) < 4.78 is 67.5. The Morgan fingerprint density at radius 2 is 1.47 bits per heavy atom. The van der Waals surface area contributed by atoms with Gasteiger partial charge in [0.15, 0.2) is 0 Å². The number of nitrogens with zero attached hydrogens (tertiary/aromatic N) is 4. The summed E-state index contributed by atoms with van der Waals surface area (Å²) in [6, 6.07) is 10.9. The van der Waals surface area contributed by atoms with Gasteiger partial charge in [0.25, 0.3) is 0 Å². The topological polar surface area (TPSA) is 68.1 Å². The molecule has 2 unspecified atom stereocenters. The van der Waals surface area contributed by atoms with Crippen LogP contribution in [0.25, 0.3) is 11.1 Å². The first-order chi connectivity index (χ1) is 15.2.